The van der Waals surface area contributed by atoms with Crippen molar-refractivity contribution in [1.82, 2.24) is 5.32 Å². The zero-order valence-electron chi connectivity index (χ0n) is 11.1. The summed E-state index contributed by atoms with van der Waals surface area (Å²) >= 11 is 0. The number of unbranched alkanes of at least 4 members (excludes halogenated alkanes) is 1. The first-order chi connectivity index (χ1) is 9.31. The number of aliphatic hydroxyl groups is 1. The topological polar surface area (TPSA) is 116 Å². The van der Waals surface area contributed by atoms with Crippen LogP contribution in [0.1, 0.15) is 31.4 Å². The molecular weight excluding hydrogens is 286 g/mol. The molecule has 0 spiro atoms. The summed E-state index contributed by atoms with van der Waals surface area (Å²) in [5.74, 6) is -0.538. The van der Waals surface area contributed by atoms with E-state index >= 15 is 0 Å². The molecule has 0 heterocycles. The fraction of sp³-hybridized carbons (Fsp3) is 0.500. The number of aromatic hydroxyl groups is 1. The Labute approximate surface area is 118 Å². The quantitative estimate of drug-likeness (QED) is 0.418. The lowest BCUT2D eigenvalue weighted by atomic mass is 10.1. The van der Waals surface area contributed by atoms with E-state index in [1.807, 2.05) is 6.92 Å². The average molecular weight is 305 g/mol. The summed E-state index contributed by atoms with van der Waals surface area (Å²) in [7, 11) is -4.67. The molecule has 114 valence electrons. The van der Waals surface area contributed by atoms with Gasteiger partial charge in [0.2, 0.25) is 0 Å². The minimum Gasteiger partial charge on any atom is -0.508 e. The summed E-state index contributed by atoms with van der Waals surface area (Å²) in [5, 5.41) is 22.4. The van der Waals surface area contributed by atoms with Gasteiger partial charge in [0.05, 0.1) is 6.10 Å². The highest BCUT2D eigenvalue weighted by atomic mass is 32.3. The number of benzene rings is 1. The summed E-state index contributed by atoms with van der Waals surface area (Å²) in [4.78, 5) is 0. The number of hydrogen-bond donors (Lipinski definition) is 4. The van der Waals surface area contributed by atoms with Crippen molar-refractivity contribution in [2.45, 2.75) is 25.9 Å². The van der Waals surface area contributed by atoms with Crippen LogP contribution in [0.2, 0.25) is 0 Å². The first-order valence-electron chi connectivity index (χ1n) is 6.21. The minimum atomic E-state index is -4.67. The van der Waals surface area contributed by atoms with Gasteiger partial charge >= 0.3 is 10.4 Å². The van der Waals surface area contributed by atoms with E-state index in [2.05, 4.69) is 9.50 Å². The summed E-state index contributed by atoms with van der Waals surface area (Å²) in [6.45, 7) is 3.06. The summed E-state index contributed by atoms with van der Waals surface area (Å²) in [5.41, 5.74) is 0.285. The second kappa shape index (κ2) is 7.44. The van der Waals surface area contributed by atoms with Crippen molar-refractivity contribution in [3.05, 3.63) is 23.8 Å². The molecule has 7 nitrogen and oxygen atoms in total. The number of rotatable bonds is 8. The number of phenolic OH excluding ortho intramolecular Hbond substituents is 1. The molecule has 0 fully saturated rings. The standard InChI is InChI=1S/C12H19NO6S/c1-2-3-4-13-8-12(15)9-5-10(14)7-11(6-9)19-20(16,17)18/h5-7,12-15H,2-4,8H2,1H3,(H,16,17,18). The van der Waals surface area contributed by atoms with Gasteiger partial charge in [-0.2, -0.15) is 8.42 Å². The molecule has 0 aliphatic heterocycles. The Bertz CT molecular complexity index is 531. The monoisotopic (exact) mass is 305 g/mol. The fourth-order valence-corrected chi connectivity index (χ4v) is 1.97. The third-order valence-electron chi connectivity index (χ3n) is 2.54. The lowest BCUT2D eigenvalue weighted by molar-refractivity contribution is 0.174. The molecule has 8 heteroatoms. The summed E-state index contributed by atoms with van der Waals surface area (Å²) in [6, 6.07) is 3.55. The lowest BCUT2D eigenvalue weighted by Gasteiger charge is -2.13. The molecule has 1 aromatic carbocycles. The maximum atomic E-state index is 10.6. The van der Waals surface area contributed by atoms with Crippen LogP contribution < -0.4 is 9.50 Å². The number of aliphatic hydroxyl groups excluding tert-OH is 1. The minimum absolute atomic E-state index is 0.259. The van der Waals surface area contributed by atoms with Crippen LogP contribution in [0.3, 0.4) is 0 Å². The Morgan fingerprint density at radius 1 is 1.35 bits per heavy atom. The van der Waals surface area contributed by atoms with Crippen LogP contribution in [-0.2, 0) is 10.4 Å². The van der Waals surface area contributed by atoms with Gasteiger partial charge in [0.25, 0.3) is 0 Å². The molecule has 1 unspecified atom stereocenters. The second-order valence-electron chi connectivity index (χ2n) is 4.34. The van der Waals surface area contributed by atoms with Crippen molar-refractivity contribution in [2.24, 2.45) is 0 Å². The first kappa shape index (κ1) is 16.7. The van der Waals surface area contributed by atoms with Gasteiger partial charge in [0.15, 0.2) is 0 Å². The lowest BCUT2D eigenvalue weighted by Crippen LogP contribution is -2.22. The Morgan fingerprint density at radius 3 is 2.65 bits per heavy atom. The molecule has 0 saturated heterocycles. The van der Waals surface area contributed by atoms with Crippen LogP contribution >= 0.6 is 0 Å². The van der Waals surface area contributed by atoms with Crippen LogP contribution in [0.15, 0.2) is 18.2 Å². The molecule has 1 atom stereocenters. The summed E-state index contributed by atoms with van der Waals surface area (Å²) in [6.07, 6.45) is 1.08. The van der Waals surface area contributed by atoms with Gasteiger partial charge in [-0.05, 0) is 30.7 Å². The molecule has 1 rings (SSSR count). The molecule has 0 bridgehead atoms. The van der Waals surface area contributed by atoms with E-state index in [-0.39, 0.29) is 23.6 Å². The van der Waals surface area contributed by atoms with Crippen LogP contribution in [0.5, 0.6) is 11.5 Å². The van der Waals surface area contributed by atoms with Crippen molar-refractivity contribution < 1.29 is 27.4 Å². The maximum absolute atomic E-state index is 10.6. The van der Waals surface area contributed by atoms with E-state index in [9.17, 15) is 18.6 Å². The van der Waals surface area contributed by atoms with Crippen LogP contribution in [-0.4, -0.2) is 36.3 Å². The largest absolute Gasteiger partial charge is 0.508 e. The zero-order chi connectivity index (χ0) is 15.2. The number of phenols is 1. The predicted molar refractivity (Wildman–Crippen MR) is 73.0 cm³/mol. The van der Waals surface area contributed by atoms with E-state index in [0.29, 0.717) is 0 Å². The molecule has 0 aliphatic carbocycles. The molecule has 1 aromatic rings. The van der Waals surface area contributed by atoms with Gasteiger partial charge in [-0.25, -0.2) is 0 Å². The zero-order valence-corrected chi connectivity index (χ0v) is 11.9. The van der Waals surface area contributed by atoms with E-state index in [0.717, 1.165) is 25.5 Å². The molecule has 20 heavy (non-hydrogen) atoms. The molecule has 0 amide bonds. The van der Waals surface area contributed by atoms with Crippen molar-refractivity contribution in [3.8, 4) is 11.5 Å². The smallest absolute Gasteiger partial charge is 0.446 e. The molecule has 4 N–H and O–H groups in total. The van der Waals surface area contributed by atoms with Crippen molar-refractivity contribution in [2.75, 3.05) is 13.1 Å². The normalized spacial score (nSPS) is 13.2. The number of nitrogens with one attached hydrogen (secondary N) is 1. The number of hydrogen-bond acceptors (Lipinski definition) is 6. The SMILES string of the molecule is CCCCNCC(O)c1cc(O)cc(OS(=O)(=O)O)c1. The third-order valence-corrected chi connectivity index (χ3v) is 2.95. The highest BCUT2D eigenvalue weighted by molar-refractivity contribution is 7.81. The molecule has 0 saturated carbocycles. The third kappa shape index (κ3) is 6.20. The van der Waals surface area contributed by atoms with Crippen molar-refractivity contribution in [3.63, 3.8) is 0 Å². The van der Waals surface area contributed by atoms with Crippen LogP contribution in [0.25, 0.3) is 0 Å². The Balaban J connectivity index is 2.74. The van der Waals surface area contributed by atoms with Gasteiger partial charge in [0, 0.05) is 12.6 Å². The molecule has 0 radical (unpaired) electrons. The fourth-order valence-electron chi connectivity index (χ4n) is 1.63. The summed E-state index contributed by atoms with van der Waals surface area (Å²) < 4.78 is 34.1. The molecule has 0 aliphatic rings. The second-order valence-corrected chi connectivity index (χ2v) is 5.37. The predicted octanol–water partition coefficient (Wildman–Crippen LogP) is 0.997. The van der Waals surface area contributed by atoms with Gasteiger partial charge < -0.3 is 19.7 Å². The van der Waals surface area contributed by atoms with Gasteiger partial charge in [-0.15, -0.1) is 0 Å². The van der Waals surface area contributed by atoms with E-state index in [1.165, 1.54) is 12.1 Å². The van der Waals surface area contributed by atoms with Gasteiger partial charge in [-0.3, -0.25) is 4.55 Å². The van der Waals surface area contributed by atoms with Crippen LogP contribution in [0.4, 0.5) is 0 Å². The average Bonchev–Trinajstić information content (AvgIpc) is 2.31. The van der Waals surface area contributed by atoms with E-state index < -0.39 is 16.5 Å². The van der Waals surface area contributed by atoms with Crippen molar-refractivity contribution >= 4 is 10.4 Å². The highest BCUT2D eigenvalue weighted by Crippen LogP contribution is 2.26. The van der Waals surface area contributed by atoms with E-state index in [4.69, 9.17) is 4.55 Å². The van der Waals surface area contributed by atoms with Crippen molar-refractivity contribution in [1.29, 1.82) is 0 Å². The first-order valence-corrected chi connectivity index (χ1v) is 7.58. The maximum Gasteiger partial charge on any atom is 0.446 e. The Morgan fingerprint density at radius 2 is 2.05 bits per heavy atom. The molecular formula is C12H19NO6S. The van der Waals surface area contributed by atoms with Gasteiger partial charge in [-0.1, -0.05) is 13.3 Å². The molecule has 0 aromatic heterocycles. The highest BCUT2D eigenvalue weighted by Gasteiger charge is 2.13. The van der Waals surface area contributed by atoms with E-state index in [1.54, 1.807) is 0 Å². The Kier molecular flexibility index (Phi) is 6.21. The Hall–Kier alpha value is -1.35. The van der Waals surface area contributed by atoms with Crippen LogP contribution in [0, 0.1) is 0 Å². The van der Waals surface area contributed by atoms with Gasteiger partial charge in [0.1, 0.15) is 11.5 Å².